The lowest BCUT2D eigenvalue weighted by Crippen LogP contribution is -2.41. The van der Waals surface area contributed by atoms with Crippen molar-refractivity contribution < 1.29 is 14.6 Å². The molecule has 0 aliphatic heterocycles. The van der Waals surface area contributed by atoms with Crippen LogP contribution in [0.4, 0.5) is 11.4 Å². The van der Waals surface area contributed by atoms with E-state index in [1.54, 1.807) is 43.3 Å². The topological polar surface area (TPSA) is 67.5 Å². The number of aliphatic hydroxyl groups is 1. The van der Waals surface area contributed by atoms with Crippen LogP contribution in [0.5, 0.6) is 0 Å². The summed E-state index contributed by atoms with van der Waals surface area (Å²) < 4.78 is 0.580. The number of carbonyl (C=O) groups excluding carboxylic acids is 1. The Balaban J connectivity index is 2.04. The summed E-state index contributed by atoms with van der Waals surface area (Å²) in [5, 5.41) is 22.8. The van der Waals surface area contributed by atoms with Crippen LogP contribution in [0.3, 0.4) is 0 Å². The molecule has 1 heterocycles. The van der Waals surface area contributed by atoms with Crippen LogP contribution in [0, 0.1) is 12.1 Å². The van der Waals surface area contributed by atoms with E-state index < -0.39 is 12.0 Å². The van der Waals surface area contributed by atoms with Crippen LogP contribution in [-0.4, -0.2) is 11.0 Å². The van der Waals surface area contributed by atoms with Crippen molar-refractivity contribution in [3.63, 3.8) is 0 Å². The molecule has 0 unspecified atom stereocenters. The van der Waals surface area contributed by atoms with Gasteiger partial charge < -0.3 is 10.3 Å². The van der Waals surface area contributed by atoms with Crippen molar-refractivity contribution in [1.29, 1.82) is 0 Å². The summed E-state index contributed by atoms with van der Waals surface area (Å²) in [5.41, 5.74) is 1.64. The first-order valence-corrected chi connectivity index (χ1v) is 7.91. The lowest BCUT2D eigenvalue weighted by Gasteiger charge is -2.25. The first-order valence-electron chi connectivity index (χ1n) is 7.91. The molecule has 0 aliphatic carbocycles. The highest BCUT2D eigenvalue weighted by molar-refractivity contribution is 6.03. The number of aryl methyl sites for hydroxylation is 1. The molecular formula is C20H18N2O3. The molecule has 0 bridgehead atoms. The number of benzene rings is 2. The SMILES string of the molecule is Cc1cccc([C@@H](O)C(=O)N(c2ccccc2)c2ccccc2)[n+]1[O-]. The van der Waals surface area contributed by atoms with Gasteiger partial charge in [-0.2, -0.15) is 4.73 Å². The van der Waals surface area contributed by atoms with Crippen LogP contribution in [0.25, 0.3) is 0 Å². The molecule has 2 aromatic carbocycles. The predicted molar refractivity (Wildman–Crippen MR) is 95.1 cm³/mol. The van der Waals surface area contributed by atoms with Gasteiger partial charge in [-0.05, 0) is 30.3 Å². The second-order valence-electron chi connectivity index (χ2n) is 5.63. The van der Waals surface area contributed by atoms with E-state index in [-0.39, 0.29) is 5.69 Å². The third-order valence-corrected chi connectivity index (χ3v) is 3.92. The number of aliphatic hydroxyl groups excluding tert-OH is 1. The number of anilines is 2. The third kappa shape index (κ3) is 3.36. The number of para-hydroxylation sites is 2. The van der Waals surface area contributed by atoms with Gasteiger partial charge in [-0.25, -0.2) is 0 Å². The molecule has 5 heteroatoms. The first kappa shape index (κ1) is 16.7. The molecule has 1 aromatic heterocycles. The Bertz CT molecular complexity index is 827. The second kappa shape index (κ2) is 7.15. The highest BCUT2D eigenvalue weighted by Crippen LogP contribution is 2.28. The molecule has 1 atom stereocenters. The summed E-state index contributed by atoms with van der Waals surface area (Å²) in [6.45, 7) is 1.62. The molecule has 0 fully saturated rings. The van der Waals surface area contributed by atoms with Crippen LogP contribution in [-0.2, 0) is 4.79 Å². The number of hydrogen-bond acceptors (Lipinski definition) is 3. The summed E-state index contributed by atoms with van der Waals surface area (Å²) in [5.74, 6) is -0.590. The van der Waals surface area contributed by atoms with E-state index in [4.69, 9.17) is 0 Å². The Morgan fingerprint density at radius 2 is 1.44 bits per heavy atom. The molecule has 25 heavy (non-hydrogen) atoms. The van der Waals surface area contributed by atoms with E-state index in [9.17, 15) is 15.1 Å². The maximum Gasteiger partial charge on any atom is 0.271 e. The number of amides is 1. The zero-order valence-corrected chi connectivity index (χ0v) is 13.7. The van der Waals surface area contributed by atoms with E-state index >= 15 is 0 Å². The van der Waals surface area contributed by atoms with Crippen LogP contribution in [0.1, 0.15) is 17.5 Å². The number of pyridine rings is 1. The zero-order valence-electron chi connectivity index (χ0n) is 13.7. The van der Waals surface area contributed by atoms with Gasteiger partial charge in [-0.1, -0.05) is 36.4 Å². The van der Waals surface area contributed by atoms with Crippen molar-refractivity contribution in [3.8, 4) is 0 Å². The molecule has 0 saturated heterocycles. The summed E-state index contributed by atoms with van der Waals surface area (Å²) >= 11 is 0. The quantitative estimate of drug-likeness (QED) is 0.589. The number of carbonyl (C=O) groups is 1. The van der Waals surface area contributed by atoms with Gasteiger partial charge in [-0.3, -0.25) is 9.69 Å². The number of hydrogen-bond donors (Lipinski definition) is 1. The van der Waals surface area contributed by atoms with E-state index in [0.717, 1.165) is 0 Å². The lowest BCUT2D eigenvalue weighted by atomic mass is 10.1. The molecule has 0 spiro atoms. The van der Waals surface area contributed by atoms with Gasteiger partial charge in [0.15, 0.2) is 5.69 Å². The Morgan fingerprint density at radius 3 is 1.96 bits per heavy atom. The molecule has 0 aliphatic rings. The Labute approximate surface area is 146 Å². The molecule has 3 rings (SSSR count). The summed E-state index contributed by atoms with van der Waals surface area (Å²) in [7, 11) is 0. The van der Waals surface area contributed by atoms with Crippen molar-refractivity contribution in [2.45, 2.75) is 13.0 Å². The maximum atomic E-state index is 13.0. The van der Waals surface area contributed by atoms with Crippen molar-refractivity contribution in [2.75, 3.05) is 4.90 Å². The fourth-order valence-corrected chi connectivity index (χ4v) is 2.63. The van der Waals surface area contributed by atoms with E-state index in [2.05, 4.69) is 0 Å². The molecule has 0 radical (unpaired) electrons. The highest BCUT2D eigenvalue weighted by atomic mass is 16.5. The van der Waals surface area contributed by atoms with Crippen LogP contribution in [0.15, 0.2) is 78.9 Å². The second-order valence-corrected chi connectivity index (χ2v) is 5.63. The minimum atomic E-state index is -1.57. The average Bonchev–Trinajstić information content (AvgIpc) is 2.65. The Morgan fingerprint density at radius 1 is 0.920 bits per heavy atom. The number of nitrogens with zero attached hydrogens (tertiary/aromatic N) is 2. The van der Waals surface area contributed by atoms with E-state index in [1.165, 1.54) is 11.0 Å². The fourth-order valence-electron chi connectivity index (χ4n) is 2.63. The van der Waals surface area contributed by atoms with Crippen LogP contribution < -0.4 is 9.63 Å². The molecule has 1 N–H and O–H groups in total. The Kier molecular flexibility index (Phi) is 4.77. The molecule has 126 valence electrons. The fraction of sp³-hybridized carbons (Fsp3) is 0.100. The van der Waals surface area contributed by atoms with Gasteiger partial charge in [0.05, 0.1) is 0 Å². The maximum absolute atomic E-state index is 13.0. The van der Waals surface area contributed by atoms with Crippen LogP contribution in [0.2, 0.25) is 0 Å². The smallest absolute Gasteiger partial charge is 0.271 e. The standard InChI is InChI=1S/C20H18N2O3/c1-15-9-8-14-18(22(15)25)19(23)20(24)21(16-10-4-2-5-11-16)17-12-6-3-7-13-17/h2-14,19,23H,1H3/t19-/m1/s1. The summed E-state index contributed by atoms with van der Waals surface area (Å²) in [6.07, 6.45) is -1.57. The summed E-state index contributed by atoms with van der Waals surface area (Å²) in [4.78, 5) is 14.4. The van der Waals surface area contributed by atoms with E-state index in [0.29, 0.717) is 21.8 Å². The third-order valence-electron chi connectivity index (χ3n) is 3.92. The Hall–Kier alpha value is -3.18. The average molecular weight is 334 g/mol. The lowest BCUT2D eigenvalue weighted by molar-refractivity contribution is -0.624. The van der Waals surface area contributed by atoms with Crippen molar-refractivity contribution in [1.82, 2.24) is 0 Å². The minimum absolute atomic E-state index is 0.00172. The normalized spacial score (nSPS) is 11.8. The predicted octanol–water partition coefficient (Wildman–Crippen LogP) is 3.03. The highest BCUT2D eigenvalue weighted by Gasteiger charge is 2.31. The van der Waals surface area contributed by atoms with Gasteiger partial charge in [0, 0.05) is 30.4 Å². The van der Waals surface area contributed by atoms with Gasteiger partial charge in [0.2, 0.25) is 11.8 Å². The number of aromatic nitrogens is 1. The summed E-state index contributed by atoms with van der Waals surface area (Å²) in [6, 6.07) is 22.8. The monoisotopic (exact) mass is 334 g/mol. The van der Waals surface area contributed by atoms with Crippen LogP contribution >= 0.6 is 0 Å². The van der Waals surface area contributed by atoms with E-state index in [1.807, 2.05) is 36.4 Å². The van der Waals surface area contributed by atoms with Crippen molar-refractivity contribution in [3.05, 3.63) is 95.5 Å². The minimum Gasteiger partial charge on any atom is -0.618 e. The molecule has 0 saturated carbocycles. The first-order chi connectivity index (χ1) is 12.1. The van der Waals surface area contributed by atoms with Crippen molar-refractivity contribution in [2.24, 2.45) is 0 Å². The van der Waals surface area contributed by atoms with Gasteiger partial charge >= 0.3 is 0 Å². The largest absolute Gasteiger partial charge is 0.618 e. The molecular weight excluding hydrogens is 316 g/mol. The van der Waals surface area contributed by atoms with Crippen molar-refractivity contribution >= 4 is 17.3 Å². The number of rotatable bonds is 4. The van der Waals surface area contributed by atoms with Gasteiger partial charge in [0.1, 0.15) is 0 Å². The zero-order chi connectivity index (χ0) is 17.8. The van der Waals surface area contributed by atoms with Gasteiger partial charge in [0.25, 0.3) is 5.91 Å². The molecule has 3 aromatic rings. The van der Waals surface area contributed by atoms with Gasteiger partial charge in [-0.15, -0.1) is 0 Å². The molecule has 5 nitrogen and oxygen atoms in total. The molecule has 1 amide bonds.